The van der Waals surface area contributed by atoms with E-state index in [0.29, 0.717) is 22.8 Å². The van der Waals surface area contributed by atoms with E-state index < -0.39 is 26.6 Å². The lowest BCUT2D eigenvalue weighted by atomic mass is 10.2. The van der Waals surface area contributed by atoms with Crippen LogP contribution in [-0.4, -0.2) is 56.8 Å². The van der Waals surface area contributed by atoms with Crippen LogP contribution >= 0.6 is 0 Å². The first-order chi connectivity index (χ1) is 14.3. The molecule has 0 saturated carbocycles. The zero-order chi connectivity index (χ0) is 21.5. The van der Waals surface area contributed by atoms with Crippen LogP contribution in [0.3, 0.4) is 0 Å². The number of carbonyl (C=O) groups is 1. The number of fused-ring (bicyclic) bond motifs is 1. The Morgan fingerprint density at radius 3 is 2.50 bits per heavy atom. The highest BCUT2D eigenvalue weighted by atomic mass is 32.2. The number of halogens is 2. The van der Waals surface area contributed by atoms with Gasteiger partial charge in [0.2, 0.25) is 10.0 Å². The largest absolute Gasteiger partial charge is 0.493 e. The molecule has 1 aliphatic heterocycles. The SMILES string of the molecule is COc1cccc2cc(C(=O)N3CCN(S(=O)(=O)c4cc(F)ccc4F)CC3)oc12. The van der Waals surface area contributed by atoms with Crippen LogP contribution in [0.5, 0.6) is 5.75 Å². The molecule has 0 aliphatic carbocycles. The summed E-state index contributed by atoms with van der Waals surface area (Å²) in [6, 6.07) is 9.17. The second-order valence-electron chi connectivity index (χ2n) is 6.76. The van der Waals surface area contributed by atoms with E-state index in [1.54, 1.807) is 24.3 Å². The van der Waals surface area contributed by atoms with E-state index in [-0.39, 0.29) is 37.8 Å². The molecular weight excluding hydrogens is 418 g/mol. The Balaban J connectivity index is 1.50. The van der Waals surface area contributed by atoms with Crippen LogP contribution < -0.4 is 4.74 Å². The van der Waals surface area contributed by atoms with Crippen LogP contribution in [0.15, 0.2) is 51.8 Å². The quantitative estimate of drug-likeness (QED) is 0.628. The molecule has 4 rings (SSSR count). The highest BCUT2D eigenvalue weighted by Crippen LogP contribution is 2.29. The third-order valence-corrected chi connectivity index (χ3v) is 6.89. The molecule has 1 aliphatic rings. The third-order valence-electron chi connectivity index (χ3n) is 4.98. The summed E-state index contributed by atoms with van der Waals surface area (Å²) >= 11 is 0. The number of ether oxygens (including phenoxy) is 1. The fourth-order valence-corrected chi connectivity index (χ4v) is 4.90. The van der Waals surface area contributed by atoms with Crippen molar-refractivity contribution < 1.29 is 31.1 Å². The van der Waals surface area contributed by atoms with Gasteiger partial charge in [0.05, 0.1) is 7.11 Å². The Labute approximate surface area is 171 Å². The summed E-state index contributed by atoms with van der Waals surface area (Å²) in [4.78, 5) is 13.5. The van der Waals surface area contributed by atoms with Crippen LogP contribution in [0.2, 0.25) is 0 Å². The van der Waals surface area contributed by atoms with Crippen LogP contribution in [0.1, 0.15) is 10.6 Å². The second-order valence-corrected chi connectivity index (χ2v) is 8.67. The van der Waals surface area contributed by atoms with Gasteiger partial charge in [-0.2, -0.15) is 4.31 Å². The van der Waals surface area contributed by atoms with Gasteiger partial charge in [0.15, 0.2) is 17.1 Å². The zero-order valence-corrected chi connectivity index (χ0v) is 16.8. The average molecular weight is 436 g/mol. The Kier molecular flexibility index (Phi) is 5.20. The van der Waals surface area contributed by atoms with Crippen molar-refractivity contribution in [2.75, 3.05) is 33.3 Å². The number of para-hydroxylation sites is 1. The van der Waals surface area contributed by atoms with E-state index in [1.165, 1.54) is 12.0 Å². The molecule has 0 spiro atoms. The molecule has 1 amide bonds. The molecule has 2 aromatic carbocycles. The summed E-state index contributed by atoms with van der Waals surface area (Å²) in [7, 11) is -2.72. The smallest absolute Gasteiger partial charge is 0.289 e. The van der Waals surface area contributed by atoms with Gasteiger partial charge in [0.25, 0.3) is 5.91 Å². The Morgan fingerprint density at radius 1 is 1.07 bits per heavy atom. The van der Waals surface area contributed by atoms with Gasteiger partial charge in [-0.05, 0) is 30.3 Å². The summed E-state index contributed by atoms with van der Waals surface area (Å²) in [5.41, 5.74) is 0.450. The van der Waals surface area contributed by atoms with Crippen molar-refractivity contribution in [2.45, 2.75) is 4.90 Å². The predicted molar refractivity (Wildman–Crippen MR) is 104 cm³/mol. The zero-order valence-electron chi connectivity index (χ0n) is 16.0. The molecule has 1 aromatic heterocycles. The first-order valence-corrected chi connectivity index (χ1v) is 10.6. The minimum absolute atomic E-state index is 0.0480. The molecule has 0 N–H and O–H groups in total. The topological polar surface area (TPSA) is 80.1 Å². The maximum atomic E-state index is 14.0. The maximum absolute atomic E-state index is 14.0. The number of nitrogens with zero attached hydrogens (tertiary/aromatic N) is 2. The van der Waals surface area contributed by atoms with Crippen molar-refractivity contribution in [3.8, 4) is 5.75 Å². The lowest BCUT2D eigenvalue weighted by Gasteiger charge is -2.33. The molecule has 0 radical (unpaired) electrons. The number of hydrogen-bond donors (Lipinski definition) is 0. The van der Waals surface area contributed by atoms with Gasteiger partial charge in [-0.25, -0.2) is 17.2 Å². The minimum atomic E-state index is -4.22. The van der Waals surface area contributed by atoms with E-state index in [0.717, 1.165) is 16.4 Å². The fraction of sp³-hybridized carbons (Fsp3) is 0.250. The Bertz CT molecular complexity index is 1220. The molecule has 3 aromatic rings. The minimum Gasteiger partial charge on any atom is -0.493 e. The van der Waals surface area contributed by atoms with Crippen LogP contribution in [-0.2, 0) is 10.0 Å². The molecule has 30 heavy (non-hydrogen) atoms. The van der Waals surface area contributed by atoms with Gasteiger partial charge < -0.3 is 14.1 Å². The maximum Gasteiger partial charge on any atom is 0.289 e. The molecule has 1 saturated heterocycles. The molecule has 7 nitrogen and oxygen atoms in total. The van der Waals surface area contributed by atoms with Gasteiger partial charge in [0.1, 0.15) is 16.5 Å². The number of furan rings is 1. The Hall–Kier alpha value is -2.98. The summed E-state index contributed by atoms with van der Waals surface area (Å²) < 4.78 is 64.7. The van der Waals surface area contributed by atoms with Crippen molar-refractivity contribution in [2.24, 2.45) is 0 Å². The van der Waals surface area contributed by atoms with Crippen molar-refractivity contribution in [1.82, 2.24) is 9.21 Å². The molecular formula is C20H18F2N2O5S. The van der Waals surface area contributed by atoms with E-state index in [1.807, 2.05) is 0 Å². The molecule has 0 bridgehead atoms. The van der Waals surface area contributed by atoms with E-state index in [4.69, 9.17) is 9.15 Å². The number of methoxy groups -OCH3 is 1. The van der Waals surface area contributed by atoms with E-state index in [9.17, 15) is 22.0 Å². The number of sulfonamides is 1. The van der Waals surface area contributed by atoms with Crippen molar-refractivity contribution in [3.05, 3.63) is 59.9 Å². The molecule has 0 atom stereocenters. The van der Waals surface area contributed by atoms with Gasteiger partial charge in [0, 0.05) is 31.6 Å². The van der Waals surface area contributed by atoms with Gasteiger partial charge in [-0.15, -0.1) is 0 Å². The first-order valence-electron chi connectivity index (χ1n) is 9.12. The van der Waals surface area contributed by atoms with Gasteiger partial charge in [-0.1, -0.05) is 12.1 Å². The Morgan fingerprint density at radius 2 is 1.80 bits per heavy atom. The molecule has 0 unspecified atom stereocenters. The van der Waals surface area contributed by atoms with Gasteiger partial charge in [-0.3, -0.25) is 4.79 Å². The summed E-state index contributed by atoms with van der Waals surface area (Å²) in [5, 5.41) is 0.709. The number of rotatable bonds is 4. The number of carbonyl (C=O) groups excluding carboxylic acids is 1. The van der Waals surface area contributed by atoms with Crippen LogP contribution in [0.25, 0.3) is 11.0 Å². The lowest BCUT2D eigenvalue weighted by molar-refractivity contribution is 0.0668. The summed E-state index contributed by atoms with van der Waals surface area (Å²) in [6.45, 7) is 0.0769. The number of hydrogen-bond acceptors (Lipinski definition) is 5. The number of piperazine rings is 1. The fourth-order valence-electron chi connectivity index (χ4n) is 3.40. The van der Waals surface area contributed by atoms with Crippen molar-refractivity contribution >= 4 is 26.9 Å². The normalized spacial score (nSPS) is 15.5. The highest BCUT2D eigenvalue weighted by Gasteiger charge is 2.33. The molecule has 2 heterocycles. The van der Waals surface area contributed by atoms with E-state index in [2.05, 4.69) is 0 Å². The van der Waals surface area contributed by atoms with E-state index >= 15 is 0 Å². The molecule has 10 heteroatoms. The summed E-state index contributed by atoms with van der Waals surface area (Å²) in [5.74, 6) is -1.64. The van der Waals surface area contributed by atoms with Crippen LogP contribution in [0.4, 0.5) is 8.78 Å². The average Bonchev–Trinajstić information content (AvgIpc) is 3.19. The lowest BCUT2D eigenvalue weighted by Crippen LogP contribution is -2.50. The molecule has 158 valence electrons. The highest BCUT2D eigenvalue weighted by molar-refractivity contribution is 7.89. The number of benzene rings is 2. The predicted octanol–water partition coefficient (Wildman–Crippen LogP) is 2.87. The first kappa shape index (κ1) is 20.3. The number of amides is 1. The summed E-state index contributed by atoms with van der Waals surface area (Å²) in [6.07, 6.45) is 0. The molecule has 1 fully saturated rings. The van der Waals surface area contributed by atoms with Crippen LogP contribution in [0, 0.1) is 11.6 Å². The van der Waals surface area contributed by atoms with Crippen molar-refractivity contribution in [3.63, 3.8) is 0 Å². The van der Waals surface area contributed by atoms with Crippen molar-refractivity contribution in [1.29, 1.82) is 0 Å². The standard InChI is InChI=1S/C20H18F2N2O5S/c1-28-16-4-2-3-13-11-17(29-19(13)16)20(25)23-7-9-24(10-8-23)30(26,27)18-12-14(21)5-6-15(18)22/h2-6,11-12H,7-10H2,1H3. The third kappa shape index (κ3) is 3.52. The monoisotopic (exact) mass is 436 g/mol. The van der Waals surface area contributed by atoms with Gasteiger partial charge >= 0.3 is 0 Å². The second kappa shape index (κ2) is 7.69.